The van der Waals surface area contributed by atoms with Crippen molar-refractivity contribution in [3.63, 3.8) is 0 Å². The highest BCUT2D eigenvalue weighted by Crippen LogP contribution is 2.22. The van der Waals surface area contributed by atoms with Crippen LogP contribution in [0.3, 0.4) is 0 Å². The highest BCUT2D eigenvalue weighted by Gasteiger charge is 2.23. The number of carbonyl (C=O) groups is 1. The molecule has 5 nitrogen and oxygen atoms in total. The fraction of sp³-hybridized carbons (Fsp3) is 0.400. The average Bonchev–Trinajstić information content (AvgIpc) is 2.62. The number of piperidine rings is 1. The van der Waals surface area contributed by atoms with Gasteiger partial charge in [-0.15, -0.1) is 0 Å². The van der Waals surface area contributed by atoms with E-state index < -0.39 is 0 Å². The van der Waals surface area contributed by atoms with E-state index in [0.29, 0.717) is 11.7 Å². The second-order valence-corrected chi connectivity index (χ2v) is 6.47. The highest BCUT2D eigenvalue weighted by molar-refractivity contribution is 5.77. The molecule has 25 heavy (non-hydrogen) atoms. The van der Waals surface area contributed by atoms with Crippen molar-refractivity contribution in [3.8, 4) is 5.75 Å². The Bertz CT molecular complexity index is 761. The van der Waals surface area contributed by atoms with E-state index in [4.69, 9.17) is 9.15 Å². The van der Waals surface area contributed by atoms with Crippen molar-refractivity contribution in [2.75, 3.05) is 19.7 Å². The van der Waals surface area contributed by atoms with Gasteiger partial charge in [0, 0.05) is 19.2 Å². The summed E-state index contributed by atoms with van der Waals surface area (Å²) in [4.78, 5) is 25.9. The van der Waals surface area contributed by atoms with E-state index in [1.807, 2.05) is 11.0 Å². The van der Waals surface area contributed by atoms with Gasteiger partial charge in [0.15, 0.2) is 6.61 Å². The van der Waals surface area contributed by atoms with Gasteiger partial charge in [-0.3, -0.25) is 9.59 Å². The van der Waals surface area contributed by atoms with E-state index in [0.717, 1.165) is 32.4 Å². The Morgan fingerprint density at radius 3 is 2.60 bits per heavy atom. The summed E-state index contributed by atoms with van der Waals surface area (Å²) >= 11 is 0. The van der Waals surface area contributed by atoms with Crippen molar-refractivity contribution in [2.24, 2.45) is 5.92 Å². The standard InChI is InChI=1S/C20H23NO4/c1-15-20(18(22)9-12-24-15)25-14-19(23)21-10-7-17(8-11-21)13-16-5-3-2-4-6-16/h2-6,9,12,17H,7-8,10-11,13-14H2,1H3. The van der Waals surface area contributed by atoms with Crippen molar-refractivity contribution < 1.29 is 13.9 Å². The molecule has 0 aliphatic carbocycles. The van der Waals surface area contributed by atoms with Gasteiger partial charge in [0.2, 0.25) is 11.2 Å². The van der Waals surface area contributed by atoms with Crippen LogP contribution in [0.1, 0.15) is 24.2 Å². The van der Waals surface area contributed by atoms with Crippen LogP contribution in [-0.4, -0.2) is 30.5 Å². The van der Waals surface area contributed by atoms with Crippen molar-refractivity contribution >= 4 is 5.91 Å². The minimum absolute atomic E-state index is 0.0826. The molecule has 3 rings (SSSR count). The van der Waals surface area contributed by atoms with Crippen LogP contribution in [0.2, 0.25) is 0 Å². The number of ether oxygens (including phenoxy) is 1. The number of hydrogen-bond acceptors (Lipinski definition) is 4. The van der Waals surface area contributed by atoms with Crippen LogP contribution in [0, 0.1) is 12.8 Å². The van der Waals surface area contributed by atoms with Gasteiger partial charge in [0.25, 0.3) is 5.91 Å². The van der Waals surface area contributed by atoms with E-state index in [9.17, 15) is 9.59 Å². The number of hydrogen-bond donors (Lipinski definition) is 0. The molecule has 0 unspecified atom stereocenters. The fourth-order valence-electron chi connectivity index (χ4n) is 3.23. The number of nitrogens with zero attached hydrogens (tertiary/aromatic N) is 1. The molecule has 1 aliphatic heterocycles. The first kappa shape index (κ1) is 17.3. The van der Waals surface area contributed by atoms with E-state index in [-0.39, 0.29) is 23.7 Å². The van der Waals surface area contributed by atoms with Gasteiger partial charge in [-0.25, -0.2) is 0 Å². The number of rotatable bonds is 5. The van der Waals surface area contributed by atoms with E-state index in [1.54, 1.807) is 6.92 Å². The van der Waals surface area contributed by atoms with Gasteiger partial charge in [-0.05, 0) is 37.7 Å². The average molecular weight is 341 g/mol. The summed E-state index contributed by atoms with van der Waals surface area (Å²) in [5.74, 6) is 1.04. The molecule has 2 heterocycles. The topological polar surface area (TPSA) is 59.8 Å². The number of likely N-dealkylation sites (tertiary alicyclic amines) is 1. The first-order chi connectivity index (χ1) is 12.1. The van der Waals surface area contributed by atoms with Crippen molar-refractivity contribution in [3.05, 3.63) is 64.2 Å². The van der Waals surface area contributed by atoms with Crippen molar-refractivity contribution in [1.29, 1.82) is 0 Å². The summed E-state index contributed by atoms with van der Waals surface area (Å²) in [6.45, 7) is 3.00. The predicted octanol–water partition coefficient (Wildman–Crippen LogP) is 2.81. The van der Waals surface area contributed by atoms with Gasteiger partial charge in [0.05, 0.1) is 6.26 Å². The number of aryl methyl sites for hydroxylation is 1. The Labute approximate surface area is 147 Å². The molecule has 1 amide bonds. The summed E-state index contributed by atoms with van der Waals surface area (Å²) in [7, 11) is 0. The summed E-state index contributed by atoms with van der Waals surface area (Å²) in [6.07, 6.45) is 4.37. The van der Waals surface area contributed by atoms with Crippen LogP contribution in [0.5, 0.6) is 5.75 Å². The van der Waals surface area contributed by atoms with Gasteiger partial charge in [-0.1, -0.05) is 30.3 Å². The highest BCUT2D eigenvalue weighted by atomic mass is 16.5. The van der Waals surface area contributed by atoms with Crippen LogP contribution >= 0.6 is 0 Å². The Morgan fingerprint density at radius 2 is 1.92 bits per heavy atom. The minimum atomic E-state index is -0.266. The third-order valence-electron chi connectivity index (χ3n) is 4.68. The van der Waals surface area contributed by atoms with Crippen molar-refractivity contribution in [1.82, 2.24) is 4.90 Å². The molecule has 0 radical (unpaired) electrons. The number of benzene rings is 1. The molecule has 0 N–H and O–H groups in total. The predicted molar refractivity (Wildman–Crippen MR) is 94.7 cm³/mol. The fourth-order valence-corrected chi connectivity index (χ4v) is 3.23. The molecule has 5 heteroatoms. The molecular formula is C20H23NO4. The van der Waals surface area contributed by atoms with Crippen LogP contribution < -0.4 is 10.2 Å². The summed E-state index contributed by atoms with van der Waals surface area (Å²) in [5, 5.41) is 0. The number of carbonyl (C=O) groups excluding carboxylic acids is 1. The summed E-state index contributed by atoms with van der Waals surface area (Å²) in [6, 6.07) is 11.8. The van der Waals surface area contributed by atoms with Crippen molar-refractivity contribution in [2.45, 2.75) is 26.2 Å². The molecule has 0 bridgehead atoms. The zero-order chi connectivity index (χ0) is 17.6. The quantitative estimate of drug-likeness (QED) is 0.839. The zero-order valence-electron chi connectivity index (χ0n) is 14.4. The second kappa shape index (κ2) is 8.01. The molecule has 1 aromatic heterocycles. The lowest BCUT2D eigenvalue weighted by Crippen LogP contribution is -2.41. The van der Waals surface area contributed by atoms with E-state index in [2.05, 4.69) is 24.3 Å². The summed E-state index contributed by atoms with van der Waals surface area (Å²) < 4.78 is 10.5. The lowest BCUT2D eigenvalue weighted by Gasteiger charge is -2.32. The summed E-state index contributed by atoms with van der Waals surface area (Å²) in [5.41, 5.74) is 1.08. The first-order valence-electron chi connectivity index (χ1n) is 8.66. The number of amides is 1. The largest absolute Gasteiger partial charge is 0.476 e. The first-order valence-corrected chi connectivity index (χ1v) is 8.66. The Balaban J connectivity index is 1.48. The van der Waals surface area contributed by atoms with Gasteiger partial charge < -0.3 is 14.1 Å². The van der Waals surface area contributed by atoms with E-state index in [1.165, 1.54) is 17.9 Å². The molecule has 1 fully saturated rings. The SMILES string of the molecule is Cc1occc(=O)c1OCC(=O)N1CCC(Cc2ccccc2)CC1. The lowest BCUT2D eigenvalue weighted by atomic mass is 9.90. The molecule has 1 aromatic carbocycles. The smallest absolute Gasteiger partial charge is 0.260 e. The molecule has 0 atom stereocenters. The molecule has 0 saturated carbocycles. The molecule has 2 aromatic rings. The van der Waals surface area contributed by atoms with Crippen LogP contribution in [0.4, 0.5) is 0 Å². The minimum Gasteiger partial charge on any atom is -0.476 e. The molecule has 1 aliphatic rings. The van der Waals surface area contributed by atoms with Gasteiger partial charge >= 0.3 is 0 Å². The van der Waals surface area contributed by atoms with Crippen LogP contribution in [0.25, 0.3) is 0 Å². The molecule has 0 spiro atoms. The van der Waals surface area contributed by atoms with Gasteiger partial charge in [0.1, 0.15) is 5.76 Å². The lowest BCUT2D eigenvalue weighted by molar-refractivity contribution is -0.134. The molecular weight excluding hydrogens is 318 g/mol. The Morgan fingerprint density at radius 1 is 1.20 bits per heavy atom. The normalized spacial score (nSPS) is 15.2. The van der Waals surface area contributed by atoms with Crippen LogP contribution in [0.15, 0.2) is 51.9 Å². The molecule has 1 saturated heterocycles. The maximum absolute atomic E-state index is 12.3. The van der Waals surface area contributed by atoms with Gasteiger partial charge in [-0.2, -0.15) is 0 Å². The second-order valence-electron chi connectivity index (χ2n) is 6.47. The molecule has 132 valence electrons. The maximum atomic E-state index is 12.3. The Kier molecular flexibility index (Phi) is 5.53. The Hall–Kier alpha value is -2.56. The monoisotopic (exact) mass is 341 g/mol. The zero-order valence-corrected chi connectivity index (χ0v) is 14.4. The van der Waals surface area contributed by atoms with Crippen LogP contribution in [-0.2, 0) is 11.2 Å². The third-order valence-corrected chi connectivity index (χ3v) is 4.68. The van der Waals surface area contributed by atoms with E-state index >= 15 is 0 Å². The maximum Gasteiger partial charge on any atom is 0.260 e. The third kappa shape index (κ3) is 4.50.